The fraction of sp³-hybridized carbons (Fsp3) is 0.571. The van der Waals surface area contributed by atoms with Gasteiger partial charge in [0, 0.05) is 12.2 Å². The number of rotatable bonds is 1. The molecule has 0 bridgehead atoms. The fourth-order valence-corrected chi connectivity index (χ4v) is 3.48. The maximum Gasteiger partial charge on any atom is 0.179 e. The zero-order valence-electron chi connectivity index (χ0n) is 11.1. The molecule has 0 aromatic carbocycles. The summed E-state index contributed by atoms with van der Waals surface area (Å²) in [5.74, 6) is 1.43. The van der Waals surface area contributed by atoms with Gasteiger partial charge < -0.3 is 4.98 Å². The highest BCUT2D eigenvalue weighted by molar-refractivity contribution is 7.71. The van der Waals surface area contributed by atoms with Crippen molar-refractivity contribution in [3.05, 3.63) is 22.6 Å². The largest absolute Gasteiger partial charge is 0.329 e. The molecule has 3 rings (SSSR count). The molecule has 0 aliphatic heterocycles. The van der Waals surface area contributed by atoms with Crippen LogP contribution in [0.3, 0.4) is 0 Å². The van der Waals surface area contributed by atoms with Gasteiger partial charge in [-0.2, -0.15) is 0 Å². The van der Waals surface area contributed by atoms with Crippen LogP contribution in [-0.4, -0.2) is 14.5 Å². The summed E-state index contributed by atoms with van der Waals surface area (Å²) in [4.78, 5) is 7.85. The number of pyridine rings is 1. The Bertz CT molecular complexity index is 640. The van der Waals surface area contributed by atoms with Gasteiger partial charge in [0.2, 0.25) is 0 Å². The van der Waals surface area contributed by atoms with Crippen LogP contribution in [0, 0.1) is 23.5 Å². The van der Waals surface area contributed by atoms with Gasteiger partial charge in [0.25, 0.3) is 0 Å². The highest BCUT2D eigenvalue weighted by Gasteiger charge is 2.32. The zero-order valence-corrected chi connectivity index (χ0v) is 11.9. The zero-order chi connectivity index (χ0) is 12.9. The van der Waals surface area contributed by atoms with Crippen molar-refractivity contribution in [2.75, 3.05) is 0 Å². The molecular formula is C14H19N3S. The Labute approximate surface area is 112 Å². The number of aryl methyl sites for hydroxylation is 1. The van der Waals surface area contributed by atoms with Crippen molar-refractivity contribution >= 4 is 23.4 Å². The molecule has 0 spiro atoms. The van der Waals surface area contributed by atoms with Gasteiger partial charge in [0.1, 0.15) is 0 Å². The predicted molar refractivity (Wildman–Crippen MR) is 76.3 cm³/mol. The van der Waals surface area contributed by atoms with Crippen LogP contribution in [0.15, 0.2) is 12.3 Å². The van der Waals surface area contributed by atoms with Gasteiger partial charge in [-0.05, 0) is 55.4 Å². The molecule has 1 saturated carbocycles. The van der Waals surface area contributed by atoms with Gasteiger partial charge in [0.05, 0.1) is 5.52 Å². The first-order valence-corrected chi connectivity index (χ1v) is 7.06. The molecule has 0 saturated heterocycles. The minimum atomic E-state index is 0.496. The number of aromatic nitrogens is 3. The third kappa shape index (κ3) is 1.62. The van der Waals surface area contributed by atoms with E-state index in [9.17, 15) is 0 Å². The number of imidazole rings is 1. The van der Waals surface area contributed by atoms with Crippen LogP contribution in [0.4, 0.5) is 0 Å². The second-order valence-electron chi connectivity index (χ2n) is 5.61. The first-order chi connectivity index (χ1) is 8.59. The van der Waals surface area contributed by atoms with Crippen molar-refractivity contribution < 1.29 is 0 Å². The number of aromatic amines is 1. The van der Waals surface area contributed by atoms with E-state index in [1.807, 2.05) is 12.3 Å². The average molecular weight is 261 g/mol. The lowest BCUT2D eigenvalue weighted by atomic mass is 9.98. The molecule has 0 amide bonds. The molecule has 18 heavy (non-hydrogen) atoms. The van der Waals surface area contributed by atoms with Crippen LogP contribution in [-0.2, 0) is 0 Å². The molecule has 1 N–H and O–H groups in total. The Morgan fingerprint density at radius 1 is 1.39 bits per heavy atom. The molecule has 1 fully saturated rings. The Hall–Kier alpha value is -1.16. The smallest absolute Gasteiger partial charge is 0.179 e. The number of nitrogens with one attached hydrogen (secondary N) is 1. The van der Waals surface area contributed by atoms with E-state index in [4.69, 9.17) is 12.2 Å². The topological polar surface area (TPSA) is 33.6 Å². The van der Waals surface area contributed by atoms with Crippen molar-refractivity contribution in [3.8, 4) is 0 Å². The molecular weight excluding hydrogens is 242 g/mol. The van der Waals surface area contributed by atoms with Gasteiger partial charge in [-0.1, -0.05) is 13.8 Å². The van der Waals surface area contributed by atoms with Crippen molar-refractivity contribution in [2.45, 2.75) is 39.7 Å². The lowest BCUT2D eigenvalue weighted by molar-refractivity contribution is 0.355. The first kappa shape index (κ1) is 11.9. The van der Waals surface area contributed by atoms with Crippen LogP contribution in [0.25, 0.3) is 11.2 Å². The number of nitrogens with zero attached hydrogens (tertiary/aromatic N) is 2. The maximum absolute atomic E-state index is 5.51. The second-order valence-corrected chi connectivity index (χ2v) is 5.99. The Balaban J connectivity index is 2.21. The molecule has 2 aromatic heterocycles. The lowest BCUT2D eigenvalue weighted by Crippen LogP contribution is -2.15. The highest BCUT2D eigenvalue weighted by atomic mass is 32.1. The van der Waals surface area contributed by atoms with Crippen LogP contribution < -0.4 is 0 Å². The van der Waals surface area contributed by atoms with Gasteiger partial charge in [-0.3, -0.25) is 4.57 Å². The molecule has 3 nitrogen and oxygen atoms in total. The standard InChI is InChI=1S/C14H19N3S/c1-8-4-5-11(10(8)3)17-13-12(16-14(17)18)9(2)6-7-15-13/h6-8,10-11H,4-5H2,1-3H3,(H,16,18). The van der Waals surface area contributed by atoms with Crippen LogP contribution >= 0.6 is 12.2 Å². The summed E-state index contributed by atoms with van der Waals surface area (Å²) in [5.41, 5.74) is 3.32. The second kappa shape index (κ2) is 4.19. The number of H-pyrrole nitrogens is 1. The maximum atomic E-state index is 5.51. The minimum Gasteiger partial charge on any atom is -0.329 e. The average Bonchev–Trinajstić information content (AvgIpc) is 2.83. The molecule has 4 heteroatoms. The Morgan fingerprint density at radius 2 is 2.17 bits per heavy atom. The van der Waals surface area contributed by atoms with Crippen molar-refractivity contribution in [1.29, 1.82) is 0 Å². The molecule has 0 radical (unpaired) electrons. The van der Waals surface area contributed by atoms with E-state index in [0.29, 0.717) is 12.0 Å². The van der Waals surface area contributed by atoms with Crippen LogP contribution in [0.5, 0.6) is 0 Å². The number of hydrogen-bond donors (Lipinski definition) is 1. The number of hydrogen-bond acceptors (Lipinski definition) is 2. The molecule has 1 aliphatic rings. The van der Waals surface area contributed by atoms with Crippen LogP contribution in [0.2, 0.25) is 0 Å². The van der Waals surface area contributed by atoms with Gasteiger partial charge in [0.15, 0.2) is 10.4 Å². The van der Waals surface area contributed by atoms with Crippen molar-refractivity contribution in [3.63, 3.8) is 0 Å². The van der Waals surface area contributed by atoms with Gasteiger partial charge in [-0.25, -0.2) is 4.98 Å². The van der Waals surface area contributed by atoms with Crippen molar-refractivity contribution in [2.24, 2.45) is 11.8 Å². The fourth-order valence-electron chi connectivity index (χ4n) is 3.15. The monoisotopic (exact) mass is 261 g/mol. The third-order valence-corrected chi connectivity index (χ3v) is 4.87. The van der Waals surface area contributed by atoms with E-state index in [0.717, 1.165) is 21.9 Å². The summed E-state index contributed by atoms with van der Waals surface area (Å²) in [6.07, 6.45) is 4.37. The number of fused-ring (bicyclic) bond motifs is 1. The molecule has 96 valence electrons. The summed E-state index contributed by atoms with van der Waals surface area (Å²) in [7, 11) is 0. The normalized spacial score (nSPS) is 28.1. The molecule has 2 heterocycles. The van der Waals surface area contributed by atoms with E-state index >= 15 is 0 Å². The van der Waals surface area contributed by atoms with E-state index in [1.165, 1.54) is 18.4 Å². The summed E-state index contributed by atoms with van der Waals surface area (Å²) < 4.78 is 3.06. The van der Waals surface area contributed by atoms with E-state index in [1.54, 1.807) is 0 Å². The Kier molecular flexibility index (Phi) is 2.77. The predicted octanol–water partition coefficient (Wildman–Crippen LogP) is 4.01. The molecule has 2 aromatic rings. The SMILES string of the molecule is Cc1ccnc2c1[nH]c(=S)n2C1CCC(C)C1C. The minimum absolute atomic E-state index is 0.496. The highest BCUT2D eigenvalue weighted by Crippen LogP contribution is 2.41. The van der Waals surface area contributed by atoms with E-state index < -0.39 is 0 Å². The quantitative estimate of drug-likeness (QED) is 0.787. The van der Waals surface area contributed by atoms with E-state index in [2.05, 4.69) is 35.3 Å². The van der Waals surface area contributed by atoms with E-state index in [-0.39, 0.29) is 0 Å². The van der Waals surface area contributed by atoms with Crippen LogP contribution in [0.1, 0.15) is 38.3 Å². The Morgan fingerprint density at radius 3 is 2.83 bits per heavy atom. The summed E-state index contributed by atoms with van der Waals surface area (Å²) in [6, 6.07) is 2.52. The lowest BCUT2D eigenvalue weighted by Gasteiger charge is -2.20. The third-order valence-electron chi connectivity index (χ3n) is 4.57. The first-order valence-electron chi connectivity index (χ1n) is 6.65. The van der Waals surface area contributed by atoms with Gasteiger partial charge >= 0.3 is 0 Å². The van der Waals surface area contributed by atoms with Crippen molar-refractivity contribution in [1.82, 2.24) is 14.5 Å². The summed E-state index contributed by atoms with van der Waals surface area (Å²) in [6.45, 7) is 6.76. The van der Waals surface area contributed by atoms with Gasteiger partial charge in [-0.15, -0.1) is 0 Å². The molecule has 1 aliphatic carbocycles. The summed E-state index contributed by atoms with van der Waals surface area (Å²) in [5, 5.41) is 0. The molecule has 3 unspecified atom stereocenters. The molecule has 3 atom stereocenters. The summed E-state index contributed by atoms with van der Waals surface area (Å²) >= 11 is 5.51.